The Labute approximate surface area is 120 Å². The standard InChI is InChI=1S/C15H16BrFN2/c1-10-4-2-3-5-14(10)15(19-18)8-11-6-12(16)9-13(17)7-11/h2-7,9,15,19H,8,18H2,1H3. The van der Waals surface area contributed by atoms with Crippen LogP contribution in [0, 0.1) is 12.7 Å². The maximum absolute atomic E-state index is 13.4. The number of hydrogen-bond donors (Lipinski definition) is 2. The summed E-state index contributed by atoms with van der Waals surface area (Å²) in [5.41, 5.74) is 6.01. The van der Waals surface area contributed by atoms with Gasteiger partial charge >= 0.3 is 0 Å². The first-order chi connectivity index (χ1) is 9.10. The number of hydrazine groups is 1. The van der Waals surface area contributed by atoms with Gasteiger partial charge in [-0.25, -0.2) is 4.39 Å². The van der Waals surface area contributed by atoms with Crippen LogP contribution in [-0.2, 0) is 6.42 Å². The lowest BCUT2D eigenvalue weighted by atomic mass is 9.96. The van der Waals surface area contributed by atoms with Crippen LogP contribution in [0.5, 0.6) is 0 Å². The van der Waals surface area contributed by atoms with E-state index in [1.807, 2.05) is 37.3 Å². The Balaban J connectivity index is 2.26. The molecule has 0 aliphatic heterocycles. The highest BCUT2D eigenvalue weighted by Gasteiger charge is 2.13. The fraction of sp³-hybridized carbons (Fsp3) is 0.200. The average Bonchev–Trinajstić information content (AvgIpc) is 2.36. The molecule has 0 saturated heterocycles. The van der Waals surface area contributed by atoms with E-state index in [4.69, 9.17) is 5.84 Å². The predicted molar refractivity (Wildman–Crippen MR) is 79.0 cm³/mol. The summed E-state index contributed by atoms with van der Waals surface area (Å²) in [6, 6.07) is 12.9. The molecule has 100 valence electrons. The molecular formula is C15H16BrFN2. The molecule has 0 saturated carbocycles. The van der Waals surface area contributed by atoms with Gasteiger partial charge in [-0.05, 0) is 48.2 Å². The molecule has 4 heteroatoms. The lowest BCUT2D eigenvalue weighted by Crippen LogP contribution is -2.30. The summed E-state index contributed by atoms with van der Waals surface area (Å²) in [5, 5.41) is 0. The molecule has 0 aliphatic rings. The Morgan fingerprint density at radius 1 is 1.26 bits per heavy atom. The number of aryl methyl sites for hydroxylation is 1. The number of rotatable bonds is 4. The molecule has 1 unspecified atom stereocenters. The van der Waals surface area contributed by atoms with Crippen molar-refractivity contribution in [2.75, 3.05) is 0 Å². The van der Waals surface area contributed by atoms with E-state index in [9.17, 15) is 4.39 Å². The number of halogens is 2. The number of hydrogen-bond acceptors (Lipinski definition) is 2. The van der Waals surface area contributed by atoms with Gasteiger partial charge in [-0.15, -0.1) is 0 Å². The first kappa shape index (κ1) is 14.2. The zero-order valence-corrected chi connectivity index (χ0v) is 12.2. The first-order valence-corrected chi connectivity index (χ1v) is 6.86. The van der Waals surface area contributed by atoms with Gasteiger partial charge in [0, 0.05) is 4.47 Å². The van der Waals surface area contributed by atoms with Crippen LogP contribution in [0.1, 0.15) is 22.7 Å². The van der Waals surface area contributed by atoms with E-state index >= 15 is 0 Å². The summed E-state index contributed by atoms with van der Waals surface area (Å²) in [5.74, 6) is 5.40. The van der Waals surface area contributed by atoms with E-state index in [2.05, 4.69) is 21.4 Å². The fourth-order valence-corrected chi connectivity index (χ4v) is 2.71. The third-order valence-electron chi connectivity index (χ3n) is 3.13. The van der Waals surface area contributed by atoms with Crippen molar-refractivity contribution in [1.82, 2.24) is 5.43 Å². The van der Waals surface area contributed by atoms with E-state index in [-0.39, 0.29) is 11.9 Å². The summed E-state index contributed by atoms with van der Waals surface area (Å²) >= 11 is 3.30. The van der Waals surface area contributed by atoms with Crippen molar-refractivity contribution in [3.63, 3.8) is 0 Å². The second kappa shape index (κ2) is 6.28. The molecule has 2 aromatic rings. The number of nitrogens with two attached hydrogens (primary N) is 1. The Morgan fingerprint density at radius 3 is 2.63 bits per heavy atom. The lowest BCUT2D eigenvalue weighted by Gasteiger charge is -2.18. The van der Waals surface area contributed by atoms with Gasteiger partial charge in [0.25, 0.3) is 0 Å². The topological polar surface area (TPSA) is 38.0 Å². The molecule has 0 radical (unpaired) electrons. The summed E-state index contributed by atoms with van der Waals surface area (Å²) in [7, 11) is 0. The van der Waals surface area contributed by atoms with E-state index in [0.29, 0.717) is 6.42 Å². The SMILES string of the molecule is Cc1ccccc1C(Cc1cc(F)cc(Br)c1)NN. The van der Waals surface area contributed by atoms with Crippen molar-refractivity contribution in [2.45, 2.75) is 19.4 Å². The predicted octanol–water partition coefficient (Wildman–Crippen LogP) is 3.64. The van der Waals surface area contributed by atoms with E-state index < -0.39 is 0 Å². The largest absolute Gasteiger partial charge is 0.271 e. The normalized spacial score (nSPS) is 12.4. The van der Waals surface area contributed by atoms with Gasteiger partial charge in [0.2, 0.25) is 0 Å². The van der Waals surface area contributed by atoms with E-state index in [0.717, 1.165) is 15.6 Å². The molecule has 3 N–H and O–H groups in total. The second-order valence-electron chi connectivity index (χ2n) is 4.56. The maximum atomic E-state index is 13.4. The van der Waals surface area contributed by atoms with Crippen LogP contribution < -0.4 is 11.3 Å². The van der Waals surface area contributed by atoms with Crippen LogP contribution >= 0.6 is 15.9 Å². The lowest BCUT2D eigenvalue weighted by molar-refractivity contribution is 0.546. The molecule has 0 spiro atoms. The molecule has 0 aromatic heterocycles. The average molecular weight is 323 g/mol. The van der Waals surface area contributed by atoms with Crippen LogP contribution in [0.2, 0.25) is 0 Å². The van der Waals surface area contributed by atoms with Gasteiger partial charge in [-0.2, -0.15) is 0 Å². The third kappa shape index (κ3) is 3.62. The van der Waals surface area contributed by atoms with Crippen LogP contribution in [-0.4, -0.2) is 0 Å². The molecule has 2 nitrogen and oxygen atoms in total. The van der Waals surface area contributed by atoms with Crippen molar-refractivity contribution in [1.29, 1.82) is 0 Å². The highest BCUT2D eigenvalue weighted by Crippen LogP contribution is 2.23. The van der Waals surface area contributed by atoms with Crippen LogP contribution in [0.4, 0.5) is 4.39 Å². The Morgan fingerprint density at radius 2 is 2.00 bits per heavy atom. The molecule has 1 atom stereocenters. The molecule has 0 bridgehead atoms. The summed E-state index contributed by atoms with van der Waals surface area (Å²) in [4.78, 5) is 0. The van der Waals surface area contributed by atoms with E-state index in [1.165, 1.54) is 17.7 Å². The molecule has 19 heavy (non-hydrogen) atoms. The number of benzene rings is 2. The molecule has 0 heterocycles. The summed E-state index contributed by atoms with van der Waals surface area (Å²) in [6.07, 6.45) is 0.637. The van der Waals surface area contributed by atoms with Gasteiger partial charge in [-0.3, -0.25) is 11.3 Å². The first-order valence-electron chi connectivity index (χ1n) is 6.07. The van der Waals surface area contributed by atoms with Crippen molar-refractivity contribution in [3.05, 3.63) is 69.4 Å². The van der Waals surface area contributed by atoms with Crippen LogP contribution in [0.25, 0.3) is 0 Å². The highest BCUT2D eigenvalue weighted by molar-refractivity contribution is 9.10. The Bertz CT molecular complexity index is 552. The third-order valence-corrected chi connectivity index (χ3v) is 3.59. The zero-order valence-electron chi connectivity index (χ0n) is 10.7. The Kier molecular flexibility index (Phi) is 4.69. The molecule has 2 aromatic carbocycles. The molecule has 0 aliphatic carbocycles. The molecule has 2 rings (SSSR count). The van der Waals surface area contributed by atoms with Gasteiger partial charge in [-0.1, -0.05) is 40.2 Å². The zero-order chi connectivity index (χ0) is 13.8. The van der Waals surface area contributed by atoms with Gasteiger partial charge in [0.05, 0.1) is 6.04 Å². The minimum Gasteiger partial charge on any atom is -0.271 e. The van der Waals surface area contributed by atoms with Gasteiger partial charge in [0.15, 0.2) is 0 Å². The monoisotopic (exact) mass is 322 g/mol. The summed E-state index contributed by atoms with van der Waals surface area (Å²) in [6.45, 7) is 2.04. The maximum Gasteiger partial charge on any atom is 0.124 e. The minimum absolute atomic E-state index is 0.0325. The molecular weight excluding hydrogens is 307 g/mol. The van der Waals surface area contributed by atoms with E-state index in [1.54, 1.807) is 0 Å². The fourth-order valence-electron chi connectivity index (χ4n) is 2.20. The molecule has 0 amide bonds. The minimum atomic E-state index is -0.245. The van der Waals surface area contributed by atoms with Crippen molar-refractivity contribution in [3.8, 4) is 0 Å². The van der Waals surface area contributed by atoms with Crippen molar-refractivity contribution >= 4 is 15.9 Å². The van der Waals surface area contributed by atoms with Gasteiger partial charge in [0.1, 0.15) is 5.82 Å². The highest BCUT2D eigenvalue weighted by atomic mass is 79.9. The van der Waals surface area contributed by atoms with Gasteiger partial charge < -0.3 is 0 Å². The molecule has 0 fully saturated rings. The quantitative estimate of drug-likeness (QED) is 0.666. The second-order valence-corrected chi connectivity index (χ2v) is 5.47. The van der Waals surface area contributed by atoms with Crippen LogP contribution in [0.3, 0.4) is 0 Å². The Hall–Kier alpha value is -1.23. The summed E-state index contributed by atoms with van der Waals surface area (Å²) < 4.78 is 14.1. The van der Waals surface area contributed by atoms with Crippen molar-refractivity contribution < 1.29 is 4.39 Å². The van der Waals surface area contributed by atoms with Crippen molar-refractivity contribution in [2.24, 2.45) is 5.84 Å². The smallest absolute Gasteiger partial charge is 0.124 e. The number of nitrogens with one attached hydrogen (secondary N) is 1. The van der Waals surface area contributed by atoms with Crippen LogP contribution in [0.15, 0.2) is 46.9 Å².